The normalized spacial score (nSPS) is 20.3. The van der Waals surface area contributed by atoms with Crippen molar-refractivity contribution in [3.05, 3.63) is 152 Å². The smallest absolute Gasteiger partial charge is 0.110 e. The minimum Gasteiger partial charge on any atom is -0.110 e. The van der Waals surface area contributed by atoms with Gasteiger partial charge in [0.15, 0.2) is 0 Å². The molecule has 4 aliphatic rings. The van der Waals surface area contributed by atoms with Crippen LogP contribution >= 0.6 is 15.9 Å². The van der Waals surface area contributed by atoms with E-state index in [4.69, 9.17) is 0 Å². The third-order valence-corrected chi connectivity index (χ3v) is 10.8. The molecule has 1 atom stereocenters. The minimum atomic E-state index is 0.0530. The number of hydrogen-bond acceptors (Lipinski definition) is 0. The molecule has 2 aromatic rings. The molecular weight excluding hydrogens is 595 g/mol. The van der Waals surface area contributed by atoms with E-state index in [0.29, 0.717) is 5.92 Å². The molecular formula is C42H46BBr. The van der Waals surface area contributed by atoms with Gasteiger partial charge in [0.1, 0.15) is 7.85 Å². The van der Waals surface area contributed by atoms with E-state index in [1.807, 2.05) is 0 Å². The highest BCUT2D eigenvalue weighted by Gasteiger charge is 2.33. The van der Waals surface area contributed by atoms with Crippen molar-refractivity contribution in [2.75, 3.05) is 0 Å². The van der Waals surface area contributed by atoms with Gasteiger partial charge >= 0.3 is 0 Å². The Morgan fingerprint density at radius 1 is 0.568 bits per heavy atom. The van der Waals surface area contributed by atoms with Gasteiger partial charge in [-0.25, -0.2) is 0 Å². The van der Waals surface area contributed by atoms with Gasteiger partial charge in [0.2, 0.25) is 0 Å². The van der Waals surface area contributed by atoms with Crippen LogP contribution in [-0.2, 0) is 5.41 Å². The predicted molar refractivity (Wildman–Crippen MR) is 197 cm³/mol. The number of allylic oxidation sites excluding steroid dienone is 16. The van der Waals surface area contributed by atoms with E-state index in [9.17, 15) is 0 Å². The number of hydrogen-bond donors (Lipinski definition) is 0. The molecule has 0 nitrogen and oxygen atoms in total. The van der Waals surface area contributed by atoms with Gasteiger partial charge in [-0.3, -0.25) is 0 Å². The van der Waals surface area contributed by atoms with Crippen LogP contribution in [-0.4, -0.2) is 7.85 Å². The molecule has 0 bridgehead atoms. The van der Waals surface area contributed by atoms with Crippen molar-refractivity contribution >= 4 is 34.9 Å². The van der Waals surface area contributed by atoms with Crippen LogP contribution in [0.3, 0.4) is 0 Å². The zero-order chi connectivity index (χ0) is 30.7. The quantitative estimate of drug-likeness (QED) is 0.252. The highest BCUT2D eigenvalue weighted by Crippen LogP contribution is 2.44. The summed E-state index contributed by atoms with van der Waals surface area (Å²) in [7, 11) is 2.24. The Balaban J connectivity index is 1.20. The predicted octanol–water partition coefficient (Wildman–Crippen LogP) is 11.5. The van der Waals surface area contributed by atoms with Crippen LogP contribution in [0.15, 0.2) is 135 Å². The van der Waals surface area contributed by atoms with E-state index < -0.39 is 0 Å². The molecule has 0 radical (unpaired) electrons. The van der Waals surface area contributed by atoms with Crippen molar-refractivity contribution < 1.29 is 0 Å². The Morgan fingerprint density at radius 2 is 1.00 bits per heavy atom. The molecule has 0 fully saturated rings. The fourth-order valence-corrected chi connectivity index (χ4v) is 7.90. The summed E-state index contributed by atoms with van der Waals surface area (Å²) in [5, 5.41) is 0. The molecule has 224 valence electrons. The van der Waals surface area contributed by atoms with Crippen molar-refractivity contribution in [2.45, 2.75) is 84.0 Å². The molecule has 0 aliphatic heterocycles. The van der Waals surface area contributed by atoms with Gasteiger partial charge in [-0.2, -0.15) is 0 Å². The Morgan fingerprint density at radius 3 is 1.43 bits per heavy atom. The summed E-state index contributed by atoms with van der Waals surface area (Å²) in [4.78, 5) is 0. The van der Waals surface area contributed by atoms with Gasteiger partial charge in [-0.05, 0) is 126 Å². The summed E-state index contributed by atoms with van der Waals surface area (Å²) in [5.41, 5.74) is 16.3. The summed E-state index contributed by atoms with van der Waals surface area (Å²) in [5.74, 6) is 0.631. The van der Waals surface area contributed by atoms with Crippen LogP contribution in [0.25, 0.3) is 11.1 Å². The highest BCUT2D eigenvalue weighted by molar-refractivity contribution is 9.10. The third-order valence-electron chi connectivity index (χ3n) is 10.3. The summed E-state index contributed by atoms with van der Waals surface area (Å²) in [6, 6.07) is 18.3. The summed E-state index contributed by atoms with van der Waals surface area (Å²) < 4.78 is 1.14. The van der Waals surface area contributed by atoms with Crippen LogP contribution in [0, 0.1) is 5.92 Å². The average Bonchev–Trinajstić information content (AvgIpc) is 3.05. The van der Waals surface area contributed by atoms with Crippen molar-refractivity contribution in [3.63, 3.8) is 0 Å². The topological polar surface area (TPSA) is 0 Å². The summed E-state index contributed by atoms with van der Waals surface area (Å²) in [6.45, 7) is 7.23. The van der Waals surface area contributed by atoms with Gasteiger partial charge in [0.25, 0.3) is 0 Å². The molecule has 0 spiro atoms. The molecule has 4 aliphatic carbocycles. The largest absolute Gasteiger partial charge is 0.133 e. The maximum absolute atomic E-state index is 3.56. The van der Waals surface area contributed by atoms with E-state index >= 15 is 0 Å². The molecule has 0 heterocycles. The number of benzene rings is 2. The van der Waals surface area contributed by atoms with Crippen LogP contribution in [0.5, 0.6) is 0 Å². The second-order valence-electron chi connectivity index (χ2n) is 13.9. The molecule has 0 saturated heterocycles. The molecule has 1 unspecified atom stereocenters. The Bertz CT molecular complexity index is 1650. The number of rotatable bonds is 8. The first-order valence-corrected chi connectivity index (χ1v) is 17.5. The zero-order valence-electron chi connectivity index (χ0n) is 27.1. The fraction of sp³-hybridized carbons (Fsp3) is 0.333. The standard InChI is InChI=1S/C42H46BBr/c1-29(2)28-42(3,38-20-12-34(13-21-38)30-4-8-32(9-5-30)36-16-24-40(43)25-17-36)39-22-14-35(15-23-39)31-6-10-33(11-7-31)37-18-26-41(44)27-19-37/h4,6,8,10,12-14,16,18-22,24,26-27,29H,5,7,9,11,15,17,23,25,28,43H2,1-3H3. The second kappa shape index (κ2) is 13.5. The summed E-state index contributed by atoms with van der Waals surface area (Å²) in [6.07, 6.45) is 29.4. The van der Waals surface area contributed by atoms with Crippen LogP contribution in [0.1, 0.15) is 95.2 Å². The van der Waals surface area contributed by atoms with Gasteiger partial charge < -0.3 is 0 Å². The molecule has 2 heteroatoms. The lowest BCUT2D eigenvalue weighted by atomic mass is 9.67. The van der Waals surface area contributed by atoms with Crippen molar-refractivity contribution in [1.82, 2.24) is 0 Å². The SMILES string of the molecule is BC1=CC=C(C2=CC=C(c3ccc(C(C)(CC(C)C)C4=CC=C(C5=CC=C(c6ccc(Br)cc6)CC5)CC4)cc3)CC2)CC1. The average molecular weight is 642 g/mol. The second-order valence-corrected chi connectivity index (χ2v) is 14.8. The van der Waals surface area contributed by atoms with E-state index in [-0.39, 0.29) is 5.41 Å². The first-order valence-electron chi connectivity index (χ1n) is 16.7. The van der Waals surface area contributed by atoms with Crippen molar-refractivity contribution in [3.8, 4) is 0 Å². The van der Waals surface area contributed by atoms with Crippen molar-refractivity contribution in [2.24, 2.45) is 5.92 Å². The Kier molecular flexibility index (Phi) is 9.48. The fourth-order valence-electron chi connectivity index (χ4n) is 7.63. The van der Waals surface area contributed by atoms with Crippen LogP contribution < -0.4 is 0 Å². The lowest BCUT2D eigenvalue weighted by molar-refractivity contribution is 0.409. The van der Waals surface area contributed by atoms with Gasteiger partial charge in [0, 0.05) is 9.89 Å². The van der Waals surface area contributed by atoms with Gasteiger partial charge in [-0.15, -0.1) is 5.47 Å². The third kappa shape index (κ3) is 6.92. The molecule has 44 heavy (non-hydrogen) atoms. The van der Waals surface area contributed by atoms with E-state index in [2.05, 4.69) is 142 Å². The first kappa shape index (κ1) is 30.9. The lowest BCUT2D eigenvalue weighted by Crippen LogP contribution is -2.28. The van der Waals surface area contributed by atoms with Crippen molar-refractivity contribution in [1.29, 1.82) is 0 Å². The van der Waals surface area contributed by atoms with E-state index in [1.165, 1.54) is 74.9 Å². The molecule has 0 amide bonds. The molecule has 6 rings (SSSR count). The Hall–Kier alpha value is -3.10. The maximum atomic E-state index is 3.56. The van der Waals surface area contributed by atoms with E-state index in [0.717, 1.165) is 43.0 Å². The monoisotopic (exact) mass is 640 g/mol. The van der Waals surface area contributed by atoms with E-state index in [1.54, 1.807) is 5.57 Å². The first-order chi connectivity index (χ1) is 21.3. The Labute approximate surface area is 275 Å². The van der Waals surface area contributed by atoms with Crippen LogP contribution in [0.2, 0.25) is 0 Å². The molecule has 0 saturated carbocycles. The minimum absolute atomic E-state index is 0.0530. The molecule has 0 N–H and O–H groups in total. The molecule has 0 aromatic heterocycles. The van der Waals surface area contributed by atoms with Crippen LogP contribution in [0.4, 0.5) is 0 Å². The maximum Gasteiger partial charge on any atom is 0.133 e. The number of halogens is 1. The lowest BCUT2D eigenvalue weighted by Gasteiger charge is -2.37. The van der Waals surface area contributed by atoms with Gasteiger partial charge in [0.05, 0.1) is 0 Å². The summed E-state index contributed by atoms with van der Waals surface area (Å²) >= 11 is 3.56. The van der Waals surface area contributed by atoms with Gasteiger partial charge in [-0.1, -0.05) is 127 Å². The molecule has 2 aromatic carbocycles. The zero-order valence-corrected chi connectivity index (χ0v) is 28.6. The highest BCUT2D eigenvalue weighted by atomic mass is 79.9.